The lowest BCUT2D eigenvalue weighted by Crippen LogP contribution is -2.36. The van der Waals surface area contributed by atoms with Crippen molar-refractivity contribution in [1.29, 1.82) is 0 Å². The van der Waals surface area contributed by atoms with E-state index in [0.717, 1.165) is 11.3 Å². The number of pyridine rings is 1. The van der Waals surface area contributed by atoms with Gasteiger partial charge in [0, 0.05) is 25.4 Å². The number of aliphatic imine (C=N–C) groups is 1. The third-order valence-corrected chi connectivity index (χ3v) is 4.10. The molecule has 0 fully saturated rings. The van der Waals surface area contributed by atoms with Crippen LogP contribution in [-0.2, 0) is 10.3 Å². The highest BCUT2D eigenvalue weighted by Crippen LogP contribution is 2.35. The number of carbonyl (C=O) groups is 2. The predicted molar refractivity (Wildman–Crippen MR) is 107 cm³/mol. The number of amides is 3. The number of nitrogens with one attached hydrogen (secondary N) is 4. The molecular weight excluding hydrogens is 344 g/mol. The van der Waals surface area contributed by atoms with Crippen molar-refractivity contribution in [3.8, 4) is 0 Å². The van der Waals surface area contributed by atoms with E-state index in [-0.39, 0.29) is 11.9 Å². The van der Waals surface area contributed by atoms with Crippen LogP contribution in [0, 0.1) is 0 Å². The van der Waals surface area contributed by atoms with Crippen LogP contribution < -0.4 is 21.3 Å². The second kappa shape index (κ2) is 7.45. The van der Waals surface area contributed by atoms with Crippen LogP contribution in [0.5, 0.6) is 0 Å². The Labute approximate surface area is 157 Å². The summed E-state index contributed by atoms with van der Waals surface area (Å²) < 4.78 is 0. The normalized spacial score (nSPS) is 17.4. The van der Waals surface area contributed by atoms with Gasteiger partial charge in [0.05, 0.1) is 5.54 Å². The molecule has 0 spiro atoms. The minimum atomic E-state index is -0.570. The molecule has 3 amide bonds. The second-order valence-corrected chi connectivity index (χ2v) is 6.39. The highest BCUT2D eigenvalue weighted by Gasteiger charge is 2.29. The van der Waals surface area contributed by atoms with E-state index in [1.807, 2.05) is 44.3 Å². The van der Waals surface area contributed by atoms with Crippen molar-refractivity contribution in [1.82, 2.24) is 10.3 Å². The van der Waals surface area contributed by atoms with E-state index in [2.05, 4.69) is 31.2 Å². The van der Waals surface area contributed by atoms with E-state index in [4.69, 9.17) is 0 Å². The molecule has 2 aromatic rings. The lowest BCUT2D eigenvalue weighted by molar-refractivity contribution is -0.114. The summed E-state index contributed by atoms with van der Waals surface area (Å²) in [5.41, 5.74) is 1.83. The van der Waals surface area contributed by atoms with Gasteiger partial charge in [-0.2, -0.15) is 0 Å². The summed E-state index contributed by atoms with van der Waals surface area (Å²) in [5, 5.41) is 11.5. The topological polar surface area (TPSA) is 108 Å². The van der Waals surface area contributed by atoms with Crippen LogP contribution in [0.2, 0.25) is 0 Å². The van der Waals surface area contributed by atoms with Gasteiger partial charge in [-0.3, -0.25) is 15.1 Å². The molecule has 1 aliphatic heterocycles. The zero-order valence-electron chi connectivity index (χ0n) is 15.5. The fraction of sp³-hybridized carbons (Fsp3) is 0.263. The number of carbonyl (C=O) groups excluding carboxylic acids is 2. The summed E-state index contributed by atoms with van der Waals surface area (Å²) in [5.74, 6) is 0.907. The molecule has 3 rings (SSSR count). The zero-order chi connectivity index (χ0) is 19.4. The van der Waals surface area contributed by atoms with E-state index in [0.29, 0.717) is 23.9 Å². The van der Waals surface area contributed by atoms with Gasteiger partial charge >= 0.3 is 6.03 Å². The quantitative estimate of drug-likeness (QED) is 0.666. The molecule has 8 heteroatoms. The molecule has 1 aromatic heterocycles. The monoisotopic (exact) mass is 366 g/mol. The average molecular weight is 366 g/mol. The predicted octanol–water partition coefficient (Wildman–Crippen LogP) is 3.22. The van der Waals surface area contributed by atoms with Gasteiger partial charge in [-0.25, -0.2) is 9.78 Å². The molecule has 140 valence electrons. The van der Waals surface area contributed by atoms with Crippen molar-refractivity contribution >= 4 is 41.2 Å². The molecule has 0 saturated heterocycles. The molecule has 27 heavy (non-hydrogen) atoms. The van der Waals surface area contributed by atoms with E-state index >= 15 is 0 Å². The fourth-order valence-electron chi connectivity index (χ4n) is 2.77. The van der Waals surface area contributed by atoms with Gasteiger partial charge in [0.25, 0.3) is 0 Å². The standard InChI is InChI=1S/C19H22N6O2/c1-4-20-18(27)24-16-10-9-15-17(23-16)25-19(3,11-21-15)13-5-7-14(8-6-13)22-12(2)26/h5-11H,4H2,1-3H3,(H,22,26)(H3,20,23,24,25,27). The van der Waals surface area contributed by atoms with Crippen molar-refractivity contribution in [3.05, 3.63) is 42.0 Å². The largest absolute Gasteiger partial charge is 0.354 e. The van der Waals surface area contributed by atoms with Crippen LogP contribution in [0.25, 0.3) is 0 Å². The number of rotatable bonds is 4. The Kier molecular flexibility index (Phi) is 5.07. The number of aromatic nitrogens is 1. The van der Waals surface area contributed by atoms with Gasteiger partial charge in [-0.1, -0.05) is 12.1 Å². The summed E-state index contributed by atoms with van der Waals surface area (Å²) in [6.45, 7) is 5.84. The maximum Gasteiger partial charge on any atom is 0.320 e. The zero-order valence-corrected chi connectivity index (χ0v) is 15.5. The summed E-state index contributed by atoms with van der Waals surface area (Å²) in [6, 6.07) is 10.7. The number of fused-ring (bicyclic) bond motifs is 1. The average Bonchev–Trinajstić information content (AvgIpc) is 2.61. The Balaban J connectivity index is 1.81. The minimum Gasteiger partial charge on any atom is -0.354 e. The number of hydrogen-bond acceptors (Lipinski definition) is 5. The molecule has 4 N–H and O–H groups in total. The van der Waals surface area contributed by atoms with Crippen LogP contribution in [0.3, 0.4) is 0 Å². The van der Waals surface area contributed by atoms with Gasteiger partial charge in [0.1, 0.15) is 11.5 Å². The molecule has 0 radical (unpaired) electrons. The summed E-state index contributed by atoms with van der Waals surface area (Å²) >= 11 is 0. The summed E-state index contributed by atoms with van der Waals surface area (Å²) in [4.78, 5) is 31.8. The Bertz CT molecular complexity index is 894. The van der Waals surface area contributed by atoms with E-state index in [9.17, 15) is 9.59 Å². The molecular formula is C19H22N6O2. The van der Waals surface area contributed by atoms with Gasteiger partial charge in [0.2, 0.25) is 5.91 Å². The van der Waals surface area contributed by atoms with Gasteiger partial charge in [-0.15, -0.1) is 0 Å². The maximum atomic E-state index is 11.7. The first-order valence-corrected chi connectivity index (χ1v) is 8.67. The van der Waals surface area contributed by atoms with Crippen LogP contribution in [-0.4, -0.2) is 29.7 Å². The molecule has 1 aromatic carbocycles. The third-order valence-electron chi connectivity index (χ3n) is 4.10. The molecule has 2 heterocycles. The molecule has 1 aliphatic rings. The first kappa shape index (κ1) is 18.4. The number of urea groups is 1. The molecule has 1 atom stereocenters. The molecule has 0 saturated carbocycles. The van der Waals surface area contributed by atoms with Crippen molar-refractivity contribution in [3.63, 3.8) is 0 Å². The number of benzene rings is 1. The van der Waals surface area contributed by atoms with E-state index < -0.39 is 5.54 Å². The van der Waals surface area contributed by atoms with Gasteiger partial charge in [-0.05, 0) is 43.7 Å². The van der Waals surface area contributed by atoms with E-state index in [1.165, 1.54) is 6.92 Å². The molecule has 0 aliphatic carbocycles. The molecule has 0 bridgehead atoms. The summed E-state index contributed by atoms with van der Waals surface area (Å²) in [7, 11) is 0. The third kappa shape index (κ3) is 4.22. The minimum absolute atomic E-state index is 0.114. The van der Waals surface area contributed by atoms with Crippen molar-refractivity contribution in [2.24, 2.45) is 4.99 Å². The van der Waals surface area contributed by atoms with Crippen molar-refractivity contribution in [2.45, 2.75) is 26.3 Å². The van der Waals surface area contributed by atoms with Crippen LogP contribution >= 0.6 is 0 Å². The number of hydrogen-bond donors (Lipinski definition) is 4. The van der Waals surface area contributed by atoms with Crippen molar-refractivity contribution in [2.75, 3.05) is 22.5 Å². The maximum absolute atomic E-state index is 11.7. The van der Waals surface area contributed by atoms with Crippen LogP contribution in [0.1, 0.15) is 26.3 Å². The summed E-state index contributed by atoms with van der Waals surface area (Å²) in [6.07, 6.45) is 1.82. The highest BCUT2D eigenvalue weighted by atomic mass is 16.2. The van der Waals surface area contributed by atoms with Gasteiger partial charge in [0.15, 0.2) is 5.82 Å². The van der Waals surface area contributed by atoms with Crippen LogP contribution in [0.15, 0.2) is 41.4 Å². The smallest absolute Gasteiger partial charge is 0.320 e. The van der Waals surface area contributed by atoms with Crippen LogP contribution in [0.4, 0.5) is 27.8 Å². The SMILES string of the molecule is CCNC(=O)Nc1ccc2c(n1)NC(C)(c1ccc(NC(C)=O)cc1)C=N2. The number of anilines is 3. The Hall–Kier alpha value is -3.42. The van der Waals surface area contributed by atoms with E-state index in [1.54, 1.807) is 12.1 Å². The first-order valence-electron chi connectivity index (χ1n) is 8.67. The number of nitrogens with zero attached hydrogens (tertiary/aromatic N) is 2. The first-order chi connectivity index (χ1) is 12.9. The Morgan fingerprint density at radius 2 is 1.85 bits per heavy atom. The lowest BCUT2D eigenvalue weighted by Gasteiger charge is -2.31. The van der Waals surface area contributed by atoms with Crippen molar-refractivity contribution < 1.29 is 9.59 Å². The van der Waals surface area contributed by atoms with Gasteiger partial charge < -0.3 is 16.0 Å². The molecule has 8 nitrogen and oxygen atoms in total. The highest BCUT2D eigenvalue weighted by molar-refractivity contribution is 5.91. The fourth-order valence-corrected chi connectivity index (χ4v) is 2.77. The Morgan fingerprint density at radius 3 is 2.52 bits per heavy atom. The Morgan fingerprint density at radius 1 is 1.11 bits per heavy atom. The lowest BCUT2D eigenvalue weighted by atomic mass is 9.92. The molecule has 1 unspecified atom stereocenters. The second-order valence-electron chi connectivity index (χ2n) is 6.39.